The molecule has 0 aromatic carbocycles. The molecule has 0 radical (unpaired) electrons. The summed E-state index contributed by atoms with van der Waals surface area (Å²) >= 11 is 0. The van der Waals surface area contributed by atoms with Gasteiger partial charge in [0, 0.05) is 0 Å². The van der Waals surface area contributed by atoms with E-state index < -0.39 is 17.6 Å². The van der Waals surface area contributed by atoms with Crippen molar-refractivity contribution in [3.05, 3.63) is 0 Å². The molecule has 0 aliphatic heterocycles. The lowest BCUT2D eigenvalue weighted by Crippen LogP contribution is -2.54. The van der Waals surface area contributed by atoms with Crippen LogP contribution >= 0.6 is 0 Å². The summed E-state index contributed by atoms with van der Waals surface area (Å²) < 4.78 is 5.01. The van der Waals surface area contributed by atoms with E-state index in [-0.39, 0.29) is 5.92 Å². The number of ether oxygens (including phenoxy) is 1. The Morgan fingerprint density at radius 2 is 1.78 bits per heavy atom. The molecule has 0 unspecified atom stereocenters. The average molecular weight is 257 g/mol. The maximum Gasteiger partial charge on any atom is 0.408 e. The van der Waals surface area contributed by atoms with Crippen molar-refractivity contribution in [3.8, 4) is 0 Å². The zero-order valence-corrected chi connectivity index (χ0v) is 11.2. The smallest absolute Gasteiger partial charge is 0.408 e. The van der Waals surface area contributed by atoms with Crippen molar-refractivity contribution >= 4 is 12.1 Å². The molecule has 104 valence electrons. The minimum atomic E-state index is -1.13. The van der Waals surface area contributed by atoms with E-state index >= 15 is 0 Å². The first-order valence-electron chi connectivity index (χ1n) is 6.64. The number of alkyl carbamates (subject to hydrolysis) is 1. The molecule has 5 nitrogen and oxygen atoms in total. The first-order chi connectivity index (χ1) is 8.46. The molecule has 0 spiro atoms. The van der Waals surface area contributed by atoms with Gasteiger partial charge >= 0.3 is 12.1 Å². The van der Waals surface area contributed by atoms with Crippen LogP contribution in [0, 0.1) is 5.92 Å². The number of hydrogen-bond donors (Lipinski definition) is 2. The van der Waals surface area contributed by atoms with E-state index in [0.29, 0.717) is 19.4 Å². The van der Waals surface area contributed by atoms with Gasteiger partial charge in [0.05, 0.1) is 6.61 Å². The summed E-state index contributed by atoms with van der Waals surface area (Å²) in [4.78, 5) is 23.1. The Morgan fingerprint density at radius 1 is 1.22 bits per heavy atom. The molecule has 1 aliphatic carbocycles. The standard InChI is InChI=1S/C13H23NO4/c1-10(2)9-18-12(17)14-13(11(15)16)7-5-3-4-6-8-13/h10H,3-9H2,1-2H3,(H,14,17)(H,15,16). The highest BCUT2D eigenvalue weighted by molar-refractivity contribution is 5.84. The quantitative estimate of drug-likeness (QED) is 0.759. The summed E-state index contributed by atoms with van der Waals surface area (Å²) in [5.41, 5.74) is -1.13. The van der Waals surface area contributed by atoms with E-state index in [1.807, 2.05) is 13.8 Å². The van der Waals surface area contributed by atoms with E-state index in [1.54, 1.807) is 0 Å². The molecule has 0 saturated heterocycles. The number of carbonyl (C=O) groups is 2. The van der Waals surface area contributed by atoms with Gasteiger partial charge in [0.2, 0.25) is 0 Å². The number of carbonyl (C=O) groups excluding carboxylic acids is 1. The van der Waals surface area contributed by atoms with Crippen molar-refractivity contribution in [1.29, 1.82) is 0 Å². The van der Waals surface area contributed by atoms with Gasteiger partial charge in [0.25, 0.3) is 0 Å². The molecule has 5 heteroatoms. The van der Waals surface area contributed by atoms with Crippen LogP contribution in [0.25, 0.3) is 0 Å². The number of rotatable bonds is 4. The van der Waals surface area contributed by atoms with Crippen LogP contribution in [0.15, 0.2) is 0 Å². The summed E-state index contributed by atoms with van der Waals surface area (Å²) in [5.74, 6) is -0.712. The van der Waals surface area contributed by atoms with E-state index in [9.17, 15) is 14.7 Å². The maximum atomic E-state index is 11.6. The molecule has 0 aromatic rings. The Balaban J connectivity index is 2.61. The average Bonchev–Trinajstić information content (AvgIpc) is 2.53. The molecule has 0 aromatic heterocycles. The van der Waals surface area contributed by atoms with Gasteiger partial charge in [-0.3, -0.25) is 0 Å². The summed E-state index contributed by atoms with van der Waals surface area (Å²) in [6, 6.07) is 0. The zero-order chi connectivity index (χ0) is 13.6. The predicted molar refractivity (Wildman–Crippen MR) is 67.4 cm³/mol. The van der Waals surface area contributed by atoms with Crippen molar-refractivity contribution in [1.82, 2.24) is 5.32 Å². The largest absolute Gasteiger partial charge is 0.480 e. The fourth-order valence-electron chi connectivity index (χ4n) is 2.20. The zero-order valence-electron chi connectivity index (χ0n) is 11.2. The summed E-state index contributed by atoms with van der Waals surface area (Å²) in [5, 5.41) is 11.9. The van der Waals surface area contributed by atoms with Crippen LogP contribution in [0.4, 0.5) is 4.79 Å². The molecule has 0 atom stereocenters. The van der Waals surface area contributed by atoms with Gasteiger partial charge in [-0.1, -0.05) is 39.5 Å². The maximum absolute atomic E-state index is 11.6. The molecule has 1 aliphatic rings. The van der Waals surface area contributed by atoms with Crippen LogP contribution in [0.2, 0.25) is 0 Å². The molecule has 1 saturated carbocycles. The van der Waals surface area contributed by atoms with Crippen LogP contribution < -0.4 is 5.32 Å². The fourth-order valence-corrected chi connectivity index (χ4v) is 2.20. The third kappa shape index (κ3) is 4.20. The molecule has 0 bridgehead atoms. The van der Waals surface area contributed by atoms with Gasteiger partial charge in [0.15, 0.2) is 0 Å². The van der Waals surface area contributed by atoms with Crippen LogP contribution in [0.1, 0.15) is 52.4 Å². The van der Waals surface area contributed by atoms with Gasteiger partial charge in [-0.05, 0) is 18.8 Å². The second kappa shape index (κ2) is 6.61. The Morgan fingerprint density at radius 3 is 2.22 bits per heavy atom. The number of nitrogens with one attached hydrogen (secondary N) is 1. The number of aliphatic carboxylic acids is 1. The minimum Gasteiger partial charge on any atom is -0.480 e. The Bertz CT molecular complexity index is 293. The van der Waals surface area contributed by atoms with Gasteiger partial charge in [-0.25, -0.2) is 9.59 Å². The van der Waals surface area contributed by atoms with E-state index in [1.165, 1.54) is 0 Å². The molecule has 2 N–H and O–H groups in total. The van der Waals surface area contributed by atoms with Crippen LogP contribution in [-0.2, 0) is 9.53 Å². The van der Waals surface area contributed by atoms with E-state index in [0.717, 1.165) is 25.7 Å². The van der Waals surface area contributed by atoms with Crippen molar-refractivity contribution in [2.45, 2.75) is 57.9 Å². The Hall–Kier alpha value is -1.26. The Labute approximate surface area is 108 Å². The molecule has 1 rings (SSSR count). The number of hydrogen-bond acceptors (Lipinski definition) is 3. The lowest BCUT2D eigenvalue weighted by molar-refractivity contribution is -0.145. The van der Waals surface area contributed by atoms with E-state index in [2.05, 4.69) is 5.32 Å². The normalized spacial score (nSPS) is 19.1. The molecule has 1 amide bonds. The SMILES string of the molecule is CC(C)COC(=O)NC1(C(=O)O)CCCCCC1. The number of carboxylic acids is 1. The highest BCUT2D eigenvalue weighted by atomic mass is 16.5. The van der Waals surface area contributed by atoms with Gasteiger partial charge < -0.3 is 15.2 Å². The monoisotopic (exact) mass is 257 g/mol. The topological polar surface area (TPSA) is 75.6 Å². The lowest BCUT2D eigenvalue weighted by Gasteiger charge is -2.28. The first-order valence-corrected chi connectivity index (χ1v) is 6.64. The highest BCUT2D eigenvalue weighted by Gasteiger charge is 2.40. The lowest BCUT2D eigenvalue weighted by atomic mass is 9.90. The second-order valence-electron chi connectivity index (χ2n) is 5.42. The van der Waals surface area contributed by atoms with Crippen molar-refractivity contribution in [2.24, 2.45) is 5.92 Å². The fraction of sp³-hybridized carbons (Fsp3) is 0.846. The third-order valence-electron chi connectivity index (χ3n) is 3.26. The molecular formula is C13H23NO4. The van der Waals surface area contributed by atoms with Crippen LogP contribution in [-0.4, -0.2) is 29.3 Å². The van der Waals surface area contributed by atoms with Gasteiger partial charge in [-0.15, -0.1) is 0 Å². The van der Waals surface area contributed by atoms with Gasteiger partial charge in [0.1, 0.15) is 5.54 Å². The molecular weight excluding hydrogens is 234 g/mol. The van der Waals surface area contributed by atoms with Crippen molar-refractivity contribution < 1.29 is 19.4 Å². The minimum absolute atomic E-state index is 0.241. The van der Waals surface area contributed by atoms with Crippen molar-refractivity contribution in [3.63, 3.8) is 0 Å². The van der Waals surface area contributed by atoms with Gasteiger partial charge in [-0.2, -0.15) is 0 Å². The van der Waals surface area contributed by atoms with Crippen LogP contribution in [0.5, 0.6) is 0 Å². The first kappa shape index (κ1) is 14.8. The highest BCUT2D eigenvalue weighted by Crippen LogP contribution is 2.27. The van der Waals surface area contributed by atoms with Crippen molar-refractivity contribution in [2.75, 3.05) is 6.61 Å². The molecule has 0 heterocycles. The second-order valence-corrected chi connectivity index (χ2v) is 5.42. The van der Waals surface area contributed by atoms with Crippen LogP contribution in [0.3, 0.4) is 0 Å². The number of amides is 1. The molecule has 1 fully saturated rings. The summed E-state index contributed by atoms with van der Waals surface area (Å²) in [6.45, 7) is 4.18. The Kier molecular flexibility index (Phi) is 5.44. The summed E-state index contributed by atoms with van der Waals surface area (Å²) in [7, 11) is 0. The predicted octanol–water partition coefficient (Wildman–Crippen LogP) is 2.55. The van der Waals surface area contributed by atoms with E-state index in [4.69, 9.17) is 4.74 Å². The summed E-state index contributed by atoms with van der Waals surface area (Å²) in [6.07, 6.45) is 4.06. The molecule has 18 heavy (non-hydrogen) atoms. The number of carboxylic acid groups (broad SMARTS) is 1. The third-order valence-corrected chi connectivity index (χ3v) is 3.26.